The SMILES string of the molecule is C[C@H](NC(=O)C(=O)c1cc(F)cc(F)c1)C(=O)N[C@H](C(=O)OC(C)(C)C)c1ccccc1. The summed E-state index contributed by atoms with van der Waals surface area (Å²) in [5.41, 5.74) is -0.843. The Hall–Kier alpha value is -3.62. The summed E-state index contributed by atoms with van der Waals surface area (Å²) in [7, 11) is 0. The zero-order valence-electron chi connectivity index (χ0n) is 18.1. The molecule has 32 heavy (non-hydrogen) atoms. The topological polar surface area (TPSA) is 102 Å². The van der Waals surface area contributed by atoms with Crippen molar-refractivity contribution in [2.45, 2.75) is 45.4 Å². The largest absolute Gasteiger partial charge is 0.458 e. The zero-order valence-corrected chi connectivity index (χ0v) is 18.1. The number of carbonyl (C=O) groups is 4. The first kappa shape index (κ1) is 24.6. The fourth-order valence-electron chi connectivity index (χ4n) is 2.70. The van der Waals surface area contributed by atoms with Crippen molar-refractivity contribution in [3.63, 3.8) is 0 Å². The van der Waals surface area contributed by atoms with Gasteiger partial charge in [0.05, 0.1) is 0 Å². The number of hydrogen-bond acceptors (Lipinski definition) is 5. The van der Waals surface area contributed by atoms with Crippen LogP contribution in [0.2, 0.25) is 0 Å². The van der Waals surface area contributed by atoms with Crippen molar-refractivity contribution in [2.24, 2.45) is 0 Å². The normalized spacial score (nSPS) is 12.9. The lowest BCUT2D eigenvalue weighted by Gasteiger charge is -2.25. The fraction of sp³-hybridized carbons (Fsp3) is 0.304. The third kappa shape index (κ3) is 6.97. The Kier molecular flexibility index (Phi) is 7.80. The van der Waals surface area contributed by atoms with Gasteiger partial charge in [0.25, 0.3) is 5.91 Å². The van der Waals surface area contributed by atoms with E-state index in [0.29, 0.717) is 23.8 Å². The average Bonchev–Trinajstić information content (AvgIpc) is 2.69. The average molecular weight is 446 g/mol. The summed E-state index contributed by atoms with van der Waals surface area (Å²) in [5.74, 6) is -5.95. The molecule has 2 aromatic carbocycles. The molecule has 0 bridgehead atoms. The summed E-state index contributed by atoms with van der Waals surface area (Å²) in [5, 5.41) is 4.66. The first-order chi connectivity index (χ1) is 14.9. The van der Waals surface area contributed by atoms with E-state index in [4.69, 9.17) is 4.74 Å². The Balaban J connectivity index is 2.12. The number of hydrogen-bond donors (Lipinski definition) is 2. The number of ether oxygens (including phenoxy) is 1. The van der Waals surface area contributed by atoms with Crippen molar-refractivity contribution in [3.05, 3.63) is 71.3 Å². The summed E-state index contributed by atoms with van der Waals surface area (Å²) < 4.78 is 32.0. The van der Waals surface area contributed by atoms with Crippen LogP contribution in [-0.2, 0) is 19.1 Å². The highest BCUT2D eigenvalue weighted by molar-refractivity contribution is 6.43. The van der Waals surface area contributed by atoms with Crippen molar-refractivity contribution >= 4 is 23.6 Å². The lowest BCUT2D eigenvalue weighted by Crippen LogP contribution is -2.49. The number of esters is 1. The predicted molar refractivity (Wildman–Crippen MR) is 111 cm³/mol. The fourth-order valence-corrected chi connectivity index (χ4v) is 2.70. The Bertz CT molecular complexity index is 999. The van der Waals surface area contributed by atoms with Gasteiger partial charge in [0, 0.05) is 11.6 Å². The maximum Gasteiger partial charge on any atom is 0.333 e. The van der Waals surface area contributed by atoms with Gasteiger partial charge in [-0.05, 0) is 45.4 Å². The van der Waals surface area contributed by atoms with E-state index in [1.165, 1.54) is 6.92 Å². The second-order valence-corrected chi connectivity index (χ2v) is 8.07. The van der Waals surface area contributed by atoms with E-state index in [1.54, 1.807) is 51.1 Å². The second-order valence-electron chi connectivity index (χ2n) is 8.07. The van der Waals surface area contributed by atoms with E-state index in [9.17, 15) is 28.0 Å². The van der Waals surface area contributed by atoms with Crippen molar-refractivity contribution in [3.8, 4) is 0 Å². The molecule has 0 unspecified atom stereocenters. The van der Waals surface area contributed by atoms with E-state index < -0.39 is 58.4 Å². The van der Waals surface area contributed by atoms with Crippen LogP contribution in [-0.4, -0.2) is 35.2 Å². The summed E-state index contributed by atoms with van der Waals surface area (Å²) in [4.78, 5) is 49.6. The maximum absolute atomic E-state index is 13.3. The Morgan fingerprint density at radius 1 is 0.906 bits per heavy atom. The summed E-state index contributed by atoms with van der Waals surface area (Å²) in [6.07, 6.45) is 0. The van der Waals surface area contributed by atoms with Crippen LogP contribution in [0.15, 0.2) is 48.5 Å². The third-order valence-corrected chi connectivity index (χ3v) is 4.13. The van der Waals surface area contributed by atoms with E-state index in [-0.39, 0.29) is 0 Å². The third-order valence-electron chi connectivity index (χ3n) is 4.13. The second kappa shape index (κ2) is 10.1. The molecule has 0 aliphatic rings. The van der Waals surface area contributed by atoms with Gasteiger partial charge in [-0.1, -0.05) is 30.3 Å². The van der Waals surface area contributed by atoms with E-state index in [2.05, 4.69) is 10.6 Å². The number of ketones is 1. The summed E-state index contributed by atoms with van der Waals surface area (Å²) in [6.45, 7) is 6.33. The molecule has 2 amide bonds. The first-order valence-electron chi connectivity index (χ1n) is 9.77. The number of carbonyl (C=O) groups excluding carboxylic acids is 4. The minimum Gasteiger partial charge on any atom is -0.458 e. The highest BCUT2D eigenvalue weighted by Gasteiger charge is 2.30. The maximum atomic E-state index is 13.3. The van der Waals surface area contributed by atoms with Gasteiger partial charge in [-0.15, -0.1) is 0 Å². The smallest absolute Gasteiger partial charge is 0.333 e. The molecule has 0 spiro atoms. The number of amides is 2. The molecule has 0 saturated heterocycles. The minimum atomic E-state index is -1.24. The number of nitrogens with one attached hydrogen (secondary N) is 2. The van der Waals surface area contributed by atoms with Crippen molar-refractivity contribution in [1.29, 1.82) is 0 Å². The first-order valence-corrected chi connectivity index (χ1v) is 9.77. The molecule has 2 rings (SSSR count). The van der Waals surface area contributed by atoms with Crippen LogP contribution in [0.5, 0.6) is 0 Å². The molecule has 2 N–H and O–H groups in total. The summed E-state index contributed by atoms with van der Waals surface area (Å²) in [6, 6.07) is 7.94. The van der Waals surface area contributed by atoms with Crippen molar-refractivity contribution in [2.75, 3.05) is 0 Å². The molecule has 0 radical (unpaired) electrons. The molecule has 0 aliphatic heterocycles. The van der Waals surface area contributed by atoms with Crippen molar-refractivity contribution < 1.29 is 32.7 Å². The molecule has 0 aromatic heterocycles. The van der Waals surface area contributed by atoms with Gasteiger partial charge in [-0.25, -0.2) is 13.6 Å². The van der Waals surface area contributed by atoms with Crippen molar-refractivity contribution in [1.82, 2.24) is 10.6 Å². The van der Waals surface area contributed by atoms with Gasteiger partial charge in [0.2, 0.25) is 11.7 Å². The molecule has 0 heterocycles. The molecule has 7 nitrogen and oxygen atoms in total. The number of rotatable bonds is 7. The number of Topliss-reactive ketones (excluding diaryl/α,β-unsaturated/α-hetero) is 1. The van der Waals surface area contributed by atoms with Crippen LogP contribution in [0.25, 0.3) is 0 Å². The standard InChI is InChI=1S/C23H24F2N2O5/c1-13(26-21(30)19(28)15-10-16(24)12-17(25)11-15)20(29)27-18(14-8-6-5-7-9-14)22(31)32-23(2,3)4/h5-13,18H,1-4H3,(H,26,30)(H,27,29)/t13-,18-/m0/s1. The number of benzene rings is 2. The van der Waals surface area contributed by atoms with Crippen LogP contribution in [0.1, 0.15) is 49.7 Å². The molecule has 0 saturated carbocycles. The van der Waals surface area contributed by atoms with Gasteiger partial charge in [0.15, 0.2) is 6.04 Å². The molecule has 0 fully saturated rings. The van der Waals surface area contributed by atoms with Gasteiger partial charge < -0.3 is 15.4 Å². The Morgan fingerprint density at radius 3 is 2.00 bits per heavy atom. The van der Waals surface area contributed by atoms with Gasteiger partial charge in [0.1, 0.15) is 23.3 Å². The van der Waals surface area contributed by atoms with E-state index >= 15 is 0 Å². The summed E-state index contributed by atoms with van der Waals surface area (Å²) >= 11 is 0. The zero-order chi connectivity index (χ0) is 24.1. The Labute approximate surface area is 184 Å². The van der Waals surface area contributed by atoms with Crippen LogP contribution < -0.4 is 10.6 Å². The highest BCUT2D eigenvalue weighted by Crippen LogP contribution is 2.19. The quantitative estimate of drug-likeness (QED) is 0.387. The molecule has 2 aromatic rings. The Morgan fingerprint density at radius 2 is 1.47 bits per heavy atom. The van der Waals surface area contributed by atoms with Crippen LogP contribution in [0.4, 0.5) is 8.78 Å². The molecule has 9 heteroatoms. The molecular formula is C23H24F2N2O5. The highest BCUT2D eigenvalue weighted by atomic mass is 19.1. The van der Waals surface area contributed by atoms with E-state index in [0.717, 1.165) is 0 Å². The predicted octanol–water partition coefficient (Wildman–Crippen LogP) is 2.85. The van der Waals surface area contributed by atoms with Crippen LogP contribution >= 0.6 is 0 Å². The minimum absolute atomic E-state index is 0.458. The molecule has 2 atom stereocenters. The van der Waals surface area contributed by atoms with Gasteiger partial charge >= 0.3 is 5.97 Å². The number of halogens is 2. The van der Waals surface area contributed by atoms with Gasteiger partial charge in [-0.3, -0.25) is 14.4 Å². The molecule has 170 valence electrons. The van der Waals surface area contributed by atoms with Gasteiger partial charge in [-0.2, -0.15) is 0 Å². The monoisotopic (exact) mass is 446 g/mol. The van der Waals surface area contributed by atoms with Crippen LogP contribution in [0.3, 0.4) is 0 Å². The van der Waals surface area contributed by atoms with Crippen LogP contribution in [0, 0.1) is 11.6 Å². The lowest BCUT2D eigenvalue weighted by molar-refractivity contribution is -0.159. The lowest BCUT2D eigenvalue weighted by atomic mass is 10.1. The molecular weight excluding hydrogens is 422 g/mol. The van der Waals surface area contributed by atoms with E-state index in [1.807, 2.05) is 0 Å². The molecule has 0 aliphatic carbocycles.